The molecule has 6 N–H and O–H groups in total. The van der Waals surface area contributed by atoms with Crippen LogP contribution in [0.15, 0.2) is 4.99 Å². The van der Waals surface area contributed by atoms with Gasteiger partial charge < -0.3 is 11.1 Å². The third kappa shape index (κ3) is 9.49. The molecule has 0 aliphatic carbocycles. The first kappa shape index (κ1) is 14.2. The Kier molecular flexibility index (Phi) is 9.21. The highest BCUT2D eigenvalue weighted by Crippen LogP contribution is 1.86. The highest BCUT2D eigenvalue weighted by Gasteiger charge is 2.00. The Bertz CT molecular complexity index is 169. The number of nitrogens with one attached hydrogen (secondary N) is 2. The molecule has 0 bridgehead atoms. The van der Waals surface area contributed by atoms with Crippen LogP contribution in [0.2, 0.25) is 0 Å². The summed E-state index contributed by atoms with van der Waals surface area (Å²) in [6.45, 7) is 5.92. The molecule has 0 spiro atoms. The first-order valence-electron chi connectivity index (χ1n) is 5.76. The summed E-state index contributed by atoms with van der Waals surface area (Å²) in [4.78, 5) is 4.15. The smallest absolute Gasteiger partial charge is 0.190 e. The van der Waals surface area contributed by atoms with Gasteiger partial charge >= 0.3 is 0 Å². The minimum Gasteiger partial charge on any atom is -0.370 e. The van der Waals surface area contributed by atoms with E-state index in [1.807, 2.05) is 0 Å². The predicted molar refractivity (Wildman–Crippen MR) is 65.4 cm³/mol. The quantitative estimate of drug-likeness (QED) is 0.203. The van der Waals surface area contributed by atoms with Crippen LogP contribution in [0.25, 0.3) is 0 Å². The maximum absolute atomic E-state index is 5.74. The summed E-state index contributed by atoms with van der Waals surface area (Å²) in [5, 5.41) is 6.00. The monoisotopic (exact) mass is 215 g/mol. The van der Waals surface area contributed by atoms with Gasteiger partial charge in [-0.15, -0.1) is 0 Å². The Morgan fingerprint density at radius 1 is 1.27 bits per heavy atom. The first-order chi connectivity index (χ1) is 7.20. The van der Waals surface area contributed by atoms with E-state index in [4.69, 9.17) is 11.5 Å². The topological polar surface area (TPSA) is 88.5 Å². The number of unbranched alkanes of at least 4 members (excludes halogenated alkanes) is 2. The summed E-state index contributed by atoms with van der Waals surface area (Å²) in [7, 11) is 0. The zero-order valence-corrected chi connectivity index (χ0v) is 9.92. The molecule has 5 nitrogen and oxygen atoms in total. The van der Waals surface area contributed by atoms with Crippen LogP contribution in [0.4, 0.5) is 0 Å². The van der Waals surface area contributed by atoms with E-state index in [9.17, 15) is 0 Å². The fourth-order valence-corrected chi connectivity index (χ4v) is 1.05. The molecule has 15 heavy (non-hydrogen) atoms. The van der Waals surface area contributed by atoms with Crippen LogP contribution in [0.3, 0.4) is 0 Å². The fourth-order valence-electron chi connectivity index (χ4n) is 1.05. The Hall–Kier alpha value is -0.810. The fraction of sp³-hybridized carbons (Fsp3) is 0.900. The van der Waals surface area contributed by atoms with Gasteiger partial charge in [0.1, 0.15) is 6.29 Å². The van der Waals surface area contributed by atoms with Crippen molar-refractivity contribution in [2.75, 3.05) is 13.1 Å². The molecule has 0 saturated heterocycles. The zero-order valence-electron chi connectivity index (χ0n) is 9.92. The van der Waals surface area contributed by atoms with E-state index >= 15 is 0 Å². The second-order valence-electron chi connectivity index (χ2n) is 3.55. The number of nitrogens with two attached hydrogens (primary N) is 2. The molecular formula is C10H25N5. The zero-order chi connectivity index (χ0) is 11.5. The number of hydrogen-bond acceptors (Lipinski definition) is 3. The molecular weight excluding hydrogens is 190 g/mol. The van der Waals surface area contributed by atoms with Crippen molar-refractivity contribution >= 4 is 5.96 Å². The number of aliphatic imine (C=N–C) groups is 1. The molecule has 1 atom stereocenters. The number of guanidine groups is 1. The summed E-state index contributed by atoms with van der Waals surface area (Å²) >= 11 is 0. The summed E-state index contributed by atoms with van der Waals surface area (Å²) in [5.41, 5.74) is 11.4. The number of rotatable bonds is 8. The number of nitrogens with zero attached hydrogens (tertiary/aromatic N) is 1. The van der Waals surface area contributed by atoms with Gasteiger partial charge in [0.25, 0.3) is 0 Å². The Morgan fingerprint density at radius 3 is 2.53 bits per heavy atom. The van der Waals surface area contributed by atoms with Crippen molar-refractivity contribution in [3.8, 4) is 0 Å². The van der Waals surface area contributed by atoms with Gasteiger partial charge in [0, 0.05) is 6.54 Å². The SMILES string of the molecule is CCCCN=C(N)NC(N)NCCCC. The summed E-state index contributed by atoms with van der Waals surface area (Å²) in [5.74, 6) is 0.417. The van der Waals surface area contributed by atoms with Gasteiger partial charge in [0.15, 0.2) is 5.96 Å². The molecule has 0 aliphatic heterocycles. The molecule has 0 amide bonds. The van der Waals surface area contributed by atoms with Crippen LogP contribution in [0, 0.1) is 0 Å². The van der Waals surface area contributed by atoms with Gasteiger partial charge in [0.2, 0.25) is 0 Å². The van der Waals surface area contributed by atoms with E-state index in [0.29, 0.717) is 5.96 Å². The third-order valence-corrected chi connectivity index (χ3v) is 1.99. The average Bonchev–Trinajstić information content (AvgIpc) is 2.18. The number of hydrogen-bond donors (Lipinski definition) is 4. The van der Waals surface area contributed by atoms with E-state index in [-0.39, 0.29) is 6.29 Å². The van der Waals surface area contributed by atoms with E-state index in [1.165, 1.54) is 0 Å². The van der Waals surface area contributed by atoms with Crippen molar-refractivity contribution < 1.29 is 0 Å². The average molecular weight is 215 g/mol. The standard InChI is InChI=1S/C10H25N5/c1-3-5-7-13-9(11)15-10(12)14-8-6-4-2/h9,13H,3-8,11H2,1-2H3,(H3,12,14,15). The van der Waals surface area contributed by atoms with E-state index < -0.39 is 0 Å². The molecule has 0 rings (SSSR count). The summed E-state index contributed by atoms with van der Waals surface area (Å²) < 4.78 is 0. The van der Waals surface area contributed by atoms with Gasteiger partial charge in [-0.05, 0) is 19.4 Å². The van der Waals surface area contributed by atoms with Crippen LogP contribution in [0.5, 0.6) is 0 Å². The van der Waals surface area contributed by atoms with Crippen LogP contribution >= 0.6 is 0 Å². The van der Waals surface area contributed by atoms with E-state index in [0.717, 1.165) is 38.8 Å². The minimum absolute atomic E-state index is 0.304. The van der Waals surface area contributed by atoms with Crippen LogP contribution in [-0.4, -0.2) is 25.3 Å². The lowest BCUT2D eigenvalue weighted by atomic mass is 10.3. The maximum Gasteiger partial charge on any atom is 0.190 e. The van der Waals surface area contributed by atoms with Crippen molar-refractivity contribution in [2.24, 2.45) is 16.5 Å². The second kappa shape index (κ2) is 9.73. The lowest BCUT2D eigenvalue weighted by Crippen LogP contribution is -2.54. The molecule has 0 aliphatic rings. The van der Waals surface area contributed by atoms with Crippen molar-refractivity contribution in [1.29, 1.82) is 0 Å². The minimum atomic E-state index is -0.304. The van der Waals surface area contributed by atoms with E-state index in [1.54, 1.807) is 0 Å². The van der Waals surface area contributed by atoms with Crippen molar-refractivity contribution in [3.05, 3.63) is 0 Å². The van der Waals surface area contributed by atoms with Gasteiger partial charge in [0.05, 0.1) is 0 Å². The largest absolute Gasteiger partial charge is 0.370 e. The van der Waals surface area contributed by atoms with E-state index in [2.05, 4.69) is 29.5 Å². The molecule has 0 saturated carbocycles. The molecule has 90 valence electrons. The molecule has 0 radical (unpaired) electrons. The summed E-state index contributed by atoms with van der Waals surface area (Å²) in [6.07, 6.45) is 4.14. The molecule has 5 heteroatoms. The Morgan fingerprint density at radius 2 is 1.93 bits per heavy atom. The van der Waals surface area contributed by atoms with Gasteiger partial charge in [-0.2, -0.15) is 0 Å². The highest BCUT2D eigenvalue weighted by atomic mass is 15.3. The maximum atomic E-state index is 5.74. The van der Waals surface area contributed by atoms with Crippen LogP contribution in [0.1, 0.15) is 39.5 Å². The van der Waals surface area contributed by atoms with Crippen molar-refractivity contribution in [2.45, 2.75) is 45.8 Å². The Balaban J connectivity index is 3.55. The second-order valence-corrected chi connectivity index (χ2v) is 3.55. The van der Waals surface area contributed by atoms with Crippen molar-refractivity contribution in [3.63, 3.8) is 0 Å². The lowest BCUT2D eigenvalue weighted by Gasteiger charge is -2.15. The third-order valence-electron chi connectivity index (χ3n) is 1.99. The van der Waals surface area contributed by atoms with Gasteiger partial charge in [-0.3, -0.25) is 16.0 Å². The Labute approximate surface area is 92.7 Å². The summed E-state index contributed by atoms with van der Waals surface area (Å²) in [6, 6.07) is 0. The highest BCUT2D eigenvalue weighted by molar-refractivity contribution is 5.77. The predicted octanol–water partition coefficient (Wildman–Crippen LogP) is 0.323. The van der Waals surface area contributed by atoms with Gasteiger partial charge in [-0.25, -0.2) is 0 Å². The normalized spacial score (nSPS) is 13.9. The lowest BCUT2D eigenvalue weighted by molar-refractivity contribution is 0.488. The van der Waals surface area contributed by atoms with Gasteiger partial charge in [-0.1, -0.05) is 26.7 Å². The molecule has 0 aromatic carbocycles. The first-order valence-corrected chi connectivity index (χ1v) is 5.76. The molecule has 0 heterocycles. The molecule has 1 unspecified atom stereocenters. The molecule has 0 aromatic rings. The van der Waals surface area contributed by atoms with Crippen molar-refractivity contribution in [1.82, 2.24) is 10.6 Å². The molecule has 0 fully saturated rings. The van der Waals surface area contributed by atoms with Crippen LogP contribution in [-0.2, 0) is 0 Å². The molecule has 0 aromatic heterocycles. The van der Waals surface area contributed by atoms with Crippen LogP contribution < -0.4 is 22.1 Å².